The van der Waals surface area contributed by atoms with Gasteiger partial charge in [-0.05, 0) is 30.7 Å². The third-order valence-corrected chi connectivity index (χ3v) is 2.82. The number of likely N-dealkylation sites (N-methyl/N-ethyl adjacent to an activating group) is 1. The van der Waals surface area contributed by atoms with E-state index >= 15 is 0 Å². The number of anilines is 1. The fraction of sp³-hybridized carbons (Fsp3) is 0.385. The maximum atomic E-state index is 4.08. The fourth-order valence-corrected chi connectivity index (χ4v) is 2.15. The Balaban J connectivity index is 2.04. The zero-order valence-electron chi connectivity index (χ0n) is 9.29. The summed E-state index contributed by atoms with van der Waals surface area (Å²) in [6.07, 6.45) is 1.17. The molecule has 1 heterocycles. The Morgan fingerprint density at radius 1 is 1.47 bits per heavy atom. The number of nitrogens with one attached hydrogen (secondary N) is 1. The van der Waals surface area contributed by atoms with Gasteiger partial charge in [-0.1, -0.05) is 24.8 Å². The van der Waals surface area contributed by atoms with Crippen molar-refractivity contribution in [1.82, 2.24) is 5.32 Å². The molecule has 1 aliphatic heterocycles. The predicted molar refractivity (Wildman–Crippen MR) is 65.4 cm³/mol. The van der Waals surface area contributed by atoms with E-state index in [4.69, 9.17) is 0 Å². The van der Waals surface area contributed by atoms with E-state index in [-0.39, 0.29) is 0 Å². The van der Waals surface area contributed by atoms with Crippen LogP contribution in [-0.4, -0.2) is 26.7 Å². The third-order valence-electron chi connectivity index (χ3n) is 2.82. The van der Waals surface area contributed by atoms with Gasteiger partial charge in [-0.3, -0.25) is 0 Å². The fourth-order valence-electron chi connectivity index (χ4n) is 2.15. The van der Waals surface area contributed by atoms with E-state index < -0.39 is 0 Å². The second-order valence-electron chi connectivity index (χ2n) is 4.08. The van der Waals surface area contributed by atoms with Gasteiger partial charge in [-0.2, -0.15) is 0 Å². The van der Waals surface area contributed by atoms with E-state index in [0.29, 0.717) is 0 Å². The Bertz CT molecular complexity index is 357. The van der Waals surface area contributed by atoms with Crippen molar-refractivity contribution in [3.8, 4) is 0 Å². The van der Waals surface area contributed by atoms with E-state index in [1.165, 1.54) is 23.2 Å². The van der Waals surface area contributed by atoms with Crippen molar-refractivity contribution in [2.45, 2.75) is 6.42 Å². The van der Waals surface area contributed by atoms with Crippen molar-refractivity contribution in [3.63, 3.8) is 0 Å². The van der Waals surface area contributed by atoms with Gasteiger partial charge < -0.3 is 10.2 Å². The molecule has 0 aliphatic carbocycles. The van der Waals surface area contributed by atoms with E-state index in [1.54, 1.807) is 0 Å². The van der Waals surface area contributed by atoms with Gasteiger partial charge in [0, 0.05) is 25.3 Å². The SMILES string of the molecule is C=C(CNC)CN1CCc2ccccc21. The second-order valence-corrected chi connectivity index (χ2v) is 4.08. The van der Waals surface area contributed by atoms with Gasteiger partial charge in [0.05, 0.1) is 0 Å². The number of para-hydroxylation sites is 1. The molecule has 0 bridgehead atoms. The van der Waals surface area contributed by atoms with Crippen LogP contribution in [0.2, 0.25) is 0 Å². The van der Waals surface area contributed by atoms with Crippen LogP contribution >= 0.6 is 0 Å². The number of benzene rings is 1. The molecule has 2 rings (SSSR count). The first-order chi connectivity index (χ1) is 7.31. The van der Waals surface area contributed by atoms with E-state index in [9.17, 15) is 0 Å². The molecule has 0 amide bonds. The standard InChI is InChI=1S/C13H18N2/c1-11(9-14-2)10-15-8-7-12-5-3-4-6-13(12)15/h3-6,14H,1,7-10H2,2H3. The highest BCUT2D eigenvalue weighted by Crippen LogP contribution is 2.27. The van der Waals surface area contributed by atoms with Gasteiger partial charge >= 0.3 is 0 Å². The van der Waals surface area contributed by atoms with Crippen LogP contribution in [-0.2, 0) is 6.42 Å². The Kier molecular flexibility index (Phi) is 3.07. The van der Waals surface area contributed by atoms with Crippen LogP contribution in [0.1, 0.15) is 5.56 Å². The van der Waals surface area contributed by atoms with Gasteiger partial charge in [0.2, 0.25) is 0 Å². The lowest BCUT2D eigenvalue weighted by Gasteiger charge is -2.20. The highest BCUT2D eigenvalue weighted by molar-refractivity contribution is 5.58. The zero-order chi connectivity index (χ0) is 10.7. The summed E-state index contributed by atoms with van der Waals surface area (Å²) in [7, 11) is 1.96. The minimum Gasteiger partial charge on any atom is -0.367 e. The summed E-state index contributed by atoms with van der Waals surface area (Å²) in [5, 5.41) is 3.14. The summed E-state index contributed by atoms with van der Waals surface area (Å²) in [6.45, 7) is 7.08. The molecule has 0 saturated heterocycles. The number of rotatable bonds is 4. The highest BCUT2D eigenvalue weighted by Gasteiger charge is 2.17. The maximum Gasteiger partial charge on any atom is 0.0402 e. The Morgan fingerprint density at radius 3 is 3.07 bits per heavy atom. The topological polar surface area (TPSA) is 15.3 Å². The summed E-state index contributed by atoms with van der Waals surface area (Å²) < 4.78 is 0. The van der Waals surface area contributed by atoms with Crippen molar-refractivity contribution in [2.75, 3.05) is 31.6 Å². The molecule has 15 heavy (non-hydrogen) atoms. The zero-order valence-corrected chi connectivity index (χ0v) is 9.29. The summed E-state index contributed by atoms with van der Waals surface area (Å²) in [6, 6.07) is 8.65. The molecule has 0 saturated carbocycles. The van der Waals surface area contributed by atoms with Crippen molar-refractivity contribution in [1.29, 1.82) is 0 Å². The van der Waals surface area contributed by atoms with Gasteiger partial charge in [0.25, 0.3) is 0 Å². The quantitative estimate of drug-likeness (QED) is 0.749. The summed E-state index contributed by atoms with van der Waals surface area (Å²) in [5.74, 6) is 0. The molecule has 0 fully saturated rings. The molecule has 0 spiro atoms. The van der Waals surface area contributed by atoms with Gasteiger partial charge in [-0.15, -0.1) is 0 Å². The van der Waals surface area contributed by atoms with Crippen molar-refractivity contribution in [2.24, 2.45) is 0 Å². The highest BCUT2D eigenvalue weighted by atomic mass is 15.1. The van der Waals surface area contributed by atoms with Gasteiger partial charge in [-0.25, -0.2) is 0 Å². The Morgan fingerprint density at radius 2 is 2.27 bits per heavy atom. The molecule has 0 radical (unpaired) electrons. The Hall–Kier alpha value is -1.28. The monoisotopic (exact) mass is 202 g/mol. The van der Waals surface area contributed by atoms with Crippen molar-refractivity contribution < 1.29 is 0 Å². The molecule has 80 valence electrons. The first-order valence-electron chi connectivity index (χ1n) is 5.45. The molecule has 1 N–H and O–H groups in total. The molecule has 2 heteroatoms. The minimum atomic E-state index is 0.901. The maximum absolute atomic E-state index is 4.08. The summed E-state index contributed by atoms with van der Waals surface area (Å²) >= 11 is 0. The summed E-state index contributed by atoms with van der Waals surface area (Å²) in [4.78, 5) is 2.41. The van der Waals surface area contributed by atoms with Crippen LogP contribution in [0.3, 0.4) is 0 Å². The van der Waals surface area contributed by atoms with E-state index in [1.807, 2.05) is 7.05 Å². The predicted octanol–water partition coefficient (Wildman–Crippen LogP) is 1.82. The van der Waals surface area contributed by atoms with Crippen molar-refractivity contribution >= 4 is 5.69 Å². The average Bonchev–Trinajstić information content (AvgIpc) is 2.62. The molecule has 0 unspecified atom stereocenters. The molecule has 2 nitrogen and oxygen atoms in total. The van der Waals surface area contributed by atoms with Crippen LogP contribution < -0.4 is 10.2 Å². The molecule has 0 atom stereocenters. The molecule has 0 aromatic heterocycles. The van der Waals surface area contributed by atoms with Crippen LogP contribution in [0, 0.1) is 0 Å². The lowest BCUT2D eigenvalue weighted by molar-refractivity contribution is 0.813. The molecule has 1 aliphatic rings. The lowest BCUT2D eigenvalue weighted by atomic mass is 10.2. The van der Waals surface area contributed by atoms with Crippen LogP contribution in [0.4, 0.5) is 5.69 Å². The number of fused-ring (bicyclic) bond motifs is 1. The van der Waals surface area contributed by atoms with Crippen LogP contribution in [0.5, 0.6) is 0 Å². The molecule has 1 aromatic carbocycles. The molecular formula is C13H18N2. The van der Waals surface area contributed by atoms with Gasteiger partial charge in [0.1, 0.15) is 0 Å². The lowest BCUT2D eigenvalue weighted by Crippen LogP contribution is -2.26. The van der Waals surface area contributed by atoms with Gasteiger partial charge in [0.15, 0.2) is 0 Å². The Labute approximate surface area is 91.6 Å². The van der Waals surface area contributed by atoms with Crippen molar-refractivity contribution in [3.05, 3.63) is 42.0 Å². The van der Waals surface area contributed by atoms with E-state index in [2.05, 4.69) is 41.1 Å². The van der Waals surface area contributed by atoms with E-state index in [0.717, 1.165) is 19.6 Å². The minimum absolute atomic E-state index is 0.901. The first-order valence-corrected chi connectivity index (χ1v) is 5.45. The third kappa shape index (κ3) is 2.21. The first kappa shape index (κ1) is 10.2. The van der Waals surface area contributed by atoms with Crippen LogP contribution in [0.25, 0.3) is 0 Å². The molecular weight excluding hydrogens is 184 g/mol. The van der Waals surface area contributed by atoms with Crippen LogP contribution in [0.15, 0.2) is 36.4 Å². The largest absolute Gasteiger partial charge is 0.367 e. The smallest absolute Gasteiger partial charge is 0.0402 e. The normalized spacial score (nSPS) is 14.1. The summed E-state index contributed by atoms with van der Waals surface area (Å²) in [5.41, 5.74) is 4.10. The average molecular weight is 202 g/mol. The number of nitrogens with zero attached hydrogens (tertiary/aromatic N) is 1. The number of hydrogen-bond acceptors (Lipinski definition) is 2. The number of hydrogen-bond donors (Lipinski definition) is 1. The molecule has 1 aromatic rings. The second kappa shape index (κ2) is 4.49.